The van der Waals surface area contributed by atoms with Gasteiger partial charge in [-0.05, 0) is 93.4 Å². The summed E-state index contributed by atoms with van der Waals surface area (Å²) in [5.41, 5.74) is 8.35. The quantitative estimate of drug-likeness (QED) is 0.488. The lowest BCUT2D eigenvalue weighted by atomic mass is 9.68. The van der Waals surface area contributed by atoms with E-state index in [1.165, 1.54) is 89.0 Å². The highest BCUT2D eigenvalue weighted by Crippen LogP contribution is 2.76. The van der Waals surface area contributed by atoms with Gasteiger partial charge in [0.25, 0.3) is 0 Å². The van der Waals surface area contributed by atoms with E-state index < -0.39 is 0 Å². The van der Waals surface area contributed by atoms with Crippen molar-refractivity contribution in [2.24, 2.45) is 52.6 Å². The van der Waals surface area contributed by atoms with Crippen molar-refractivity contribution in [3.05, 3.63) is 12.2 Å². The van der Waals surface area contributed by atoms with E-state index in [4.69, 9.17) is 5.73 Å². The first-order chi connectivity index (χ1) is 14.6. The average Bonchev–Trinajstić information content (AvgIpc) is 3.31. The highest BCUT2D eigenvalue weighted by atomic mass is 16.1. The van der Waals surface area contributed by atoms with Gasteiger partial charge in [-0.15, -0.1) is 0 Å². The molecule has 0 aromatic carbocycles. The lowest BCUT2D eigenvalue weighted by molar-refractivity contribution is -0.111. The van der Waals surface area contributed by atoms with E-state index in [1.54, 1.807) is 0 Å². The molecule has 0 radical (unpaired) electrons. The van der Waals surface area contributed by atoms with Gasteiger partial charge in [-0.1, -0.05) is 50.7 Å². The van der Waals surface area contributed by atoms with Crippen molar-refractivity contribution in [2.45, 2.75) is 95.6 Å². The van der Waals surface area contributed by atoms with Crippen LogP contribution in [0.1, 0.15) is 83.5 Å². The Bertz CT molecular complexity index is 655. The second-order valence-electron chi connectivity index (χ2n) is 11.7. The summed E-state index contributed by atoms with van der Waals surface area (Å²) in [6.07, 6.45) is 18.6. The first-order valence-electron chi connectivity index (χ1n) is 13.2. The fourth-order valence-corrected chi connectivity index (χ4v) is 9.47. The number of carbonyl (C=O) groups excluding carboxylic acids is 1. The van der Waals surface area contributed by atoms with Crippen molar-refractivity contribution >= 4 is 6.29 Å². The molecule has 5 aliphatic rings. The molecule has 9 unspecified atom stereocenters. The number of nitrogens with one attached hydrogen (secondary N) is 1. The minimum Gasteiger partial charge on any atom is -0.321 e. The van der Waals surface area contributed by atoms with Gasteiger partial charge in [0.05, 0.1) is 6.04 Å². The van der Waals surface area contributed by atoms with Crippen LogP contribution in [0.3, 0.4) is 0 Å². The Balaban J connectivity index is 1.42. The monoisotopic (exact) mass is 412 g/mol. The lowest BCUT2D eigenvalue weighted by Gasteiger charge is -2.39. The molecule has 0 aliphatic heterocycles. The minimum atomic E-state index is -0.270. The van der Waals surface area contributed by atoms with Crippen molar-refractivity contribution in [3.8, 4) is 0 Å². The summed E-state index contributed by atoms with van der Waals surface area (Å²) in [6, 6.07) is 0.336. The first kappa shape index (κ1) is 21.2. The molecule has 0 spiro atoms. The van der Waals surface area contributed by atoms with E-state index in [0.29, 0.717) is 29.7 Å². The molecular formula is C27H44N2O. The summed E-state index contributed by atoms with van der Waals surface area (Å²) in [6.45, 7) is 4.59. The summed E-state index contributed by atoms with van der Waals surface area (Å²) in [5, 5.41) is 3.54. The molecule has 0 aromatic rings. The van der Waals surface area contributed by atoms with E-state index in [0.717, 1.165) is 24.0 Å². The summed E-state index contributed by atoms with van der Waals surface area (Å²) in [4.78, 5) is 12.1. The summed E-state index contributed by atoms with van der Waals surface area (Å²) < 4.78 is 0. The number of hydrogen-bond donors (Lipinski definition) is 2. The molecule has 3 nitrogen and oxygen atoms in total. The summed E-state index contributed by atoms with van der Waals surface area (Å²) in [5.74, 6) is 5.27. The zero-order chi connectivity index (χ0) is 20.9. The first-order valence-corrected chi connectivity index (χ1v) is 13.2. The highest BCUT2D eigenvalue weighted by molar-refractivity contribution is 5.61. The van der Waals surface area contributed by atoms with Crippen molar-refractivity contribution in [1.82, 2.24) is 5.32 Å². The predicted molar refractivity (Wildman–Crippen MR) is 123 cm³/mol. The average molecular weight is 413 g/mol. The number of fused-ring (bicyclic) bond motifs is 3. The molecule has 168 valence electrons. The van der Waals surface area contributed by atoms with Gasteiger partial charge in [0.15, 0.2) is 0 Å². The van der Waals surface area contributed by atoms with Crippen LogP contribution in [-0.2, 0) is 4.79 Å². The van der Waals surface area contributed by atoms with Crippen LogP contribution in [0.5, 0.6) is 0 Å². The summed E-state index contributed by atoms with van der Waals surface area (Å²) >= 11 is 0. The molecule has 0 bridgehead atoms. The van der Waals surface area contributed by atoms with Crippen LogP contribution in [0.25, 0.3) is 0 Å². The van der Waals surface area contributed by atoms with E-state index in [1.807, 2.05) is 0 Å². The van der Waals surface area contributed by atoms with Crippen LogP contribution in [-0.4, -0.2) is 25.4 Å². The van der Waals surface area contributed by atoms with Crippen molar-refractivity contribution in [2.75, 3.05) is 7.05 Å². The molecule has 3 heteroatoms. The van der Waals surface area contributed by atoms with E-state index in [9.17, 15) is 4.79 Å². The molecule has 0 amide bonds. The van der Waals surface area contributed by atoms with Gasteiger partial charge < -0.3 is 15.8 Å². The molecule has 5 aliphatic carbocycles. The Morgan fingerprint density at radius 3 is 2.57 bits per heavy atom. The molecule has 5 rings (SSSR count). The number of nitrogens with two attached hydrogens (primary N) is 1. The fraction of sp³-hybridized carbons (Fsp3) is 0.889. The lowest BCUT2D eigenvalue weighted by Crippen LogP contribution is -2.46. The molecule has 0 aromatic heterocycles. The number of allylic oxidation sites excluding steroid dienone is 1. The smallest absolute Gasteiger partial charge is 0.137 e. The summed E-state index contributed by atoms with van der Waals surface area (Å²) in [7, 11) is 2.11. The number of aldehydes is 1. The fourth-order valence-electron chi connectivity index (χ4n) is 9.47. The Labute approximate surface area is 184 Å². The Kier molecular flexibility index (Phi) is 5.90. The third kappa shape index (κ3) is 3.25. The second kappa shape index (κ2) is 8.35. The van der Waals surface area contributed by atoms with Crippen LogP contribution in [0.2, 0.25) is 0 Å². The maximum atomic E-state index is 12.1. The number of hydrogen-bond acceptors (Lipinski definition) is 3. The topological polar surface area (TPSA) is 55.1 Å². The number of rotatable bonds is 5. The van der Waals surface area contributed by atoms with Gasteiger partial charge in [-0.25, -0.2) is 0 Å². The molecule has 3 N–H and O–H groups in total. The van der Waals surface area contributed by atoms with Crippen molar-refractivity contribution in [3.63, 3.8) is 0 Å². The Morgan fingerprint density at radius 1 is 1.03 bits per heavy atom. The molecule has 0 saturated heterocycles. The van der Waals surface area contributed by atoms with Gasteiger partial charge >= 0.3 is 0 Å². The van der Waals surface area contributed by atoms with Gasteiger partial charge in [0.2, 0.25) is 0 Å². The van der Waals surface area contributed by atoms with Crippen LogP contribution >= 0.6 is 0 Å². The maximum absolute atomic E-state index is 12.1. The molecule has 5 fully saturated rings. The minimum absolute atomic E-state index is 0.0857. The van der Waals surface area contributed by atoms with Crippen LogP contribution in [0.15, 0.2) is 12.2 Å². The van der Waals surface area contributed by atoms with Crippen LogP contribution in [0, 0.1) is 46.8 Å². The van der Waals surface area contributed by atoms with Crippen molar-refractivity contribution < 1.29 is 4.79 Å². The molecule has 5 saturated carbocycles. The van der Waals surface area contributed by atoms with Gasteiger partial charge in [0, 0.05) is 11.5 Å². The molecular weight excluding hydrogens is 368 g/mol. The standard InChI is InChI=1S/C27H44N2O/c1-17-11-12-24-26(23-14-19(13-22(17)23)18-7-4-3-5-8-18)27(24,25(28)16-30)20-9-6-10-21(15-20)29-2/h16,18-26,29H,1,3-15,28H2,2H3. The van der Waals surface area contributed by atoms with Gasteiger partial charge in [-0.3, -0.25) is 0 Å². The molecule has 0 heterocycles. The zero-order valence-electron chi connectivity index (χ0n) is 19.2. The van der Waals surface area contributed by atoms with Crippen LogP contribution < -0.4 is 11.1 Å². The van der Waals surface area contributed by atoms with Gasteiger partial charge in [-0.2, -0.15) is 0 Å². The largest absolute Gasteiger partial charge is 0.321 e. The Morgan fingerprint density at radius 2 is 1.83 bits per heavy atom. The second-order valence-corrected chi connectivity index (χ2v) is 11.7. The SMILES string of the molecule is C=C1CCC2C(C3CC(C4CCCCC4)CC13)C2(C(N)C=O)C1CCCC(NC)C1. The van der Waals surface area contributed by atoms with E-state index >= 15 is 0 Å². The van der Waals surface area contributed by atoms with E-state index in [-0.39, 0.29) is 11.5 Å². The number of carbonyl (C=O) groups is 1. The van der Waals surface area contributed by atoms with Crippen LogP contribution in [0.4, 0.5) is 0 Å². The highest BCUT2D eigenvalue weighted by Gasteiger charge is 2.73. The Hall–Kier alpha value is -0.670. The third-order valence-electron chi connectivity index (χ3n) is 10.8. The van der Waals surface area contributed by atoms with Gasteiger partial charge in [0.1, 0.15) is 6.29 Å². The third-order valence-corrected chi connectivity index (χ3v) is 10.8. The predicted octanol–water partition coefficient (Wildman–Crippen LogP) is 5.10. The zero-order valence-corrected chi connectivity index (χ0v) is 19.2. The van der Waals surface area contributed by atoms with Crippen molar-refractivity contribution in [1.29, 1.82) is 0 Å². The normalized spacial score (nSPS) is 47.8. The molecule has 9 atom stereocenters. The van der Waals surface area contributed by atoms with E-state index in [2.05, 4.69) is 18.9 Å². The molecule has 30 heavy (non-hydrogen) atoms. The maximum Gasteiger partial charge on any atom is 0.137 e.